The minimum Gasteiger partial charge on any atom is -0.494 e. The van der Waals surface area contributed by atoms with Gasteiger partial charge < -0.3 is 14.2 Å². The minimum absolute atomic E-state index is 0.198. The van der Waals surface area contributed by atoms with Crippen LogP contribution in [0.1, 0.15) is 43.5 Å². The van der Waals surface area contributed by atoms with E-state index in [2.05, 4.69) is 4.99 Å². The third-order valence-electron chi connectivity index (χ3n) is 6.59. The summed E-state index contributed by atoms with van der Waals surface area (Å²) in [4.78, 5) is 32.3. The summed E-state index contributed by atoms with van der Waals surface area (Å²) in [6, 6.07) is 19.3. The highest BCUT2D eigenvalue weighted by Gasteiger charge is 2.33. The zero-order valence-corrected chi connectivity index (χ0v) is 25.6. The van der Waals surface area contributed by atoms with Crippen molar-refractivity contribution < 1.29 is 19.0 Å². The topological polar surface area (TPSA) is 79.1 Å². The summed E-state index contributed by atoms with van der Waals surface area (Å²) in [7, 11) is 0. The highest BCUT2D eigenvalue weighted by molar-refractivity contribution is 7.07. The number of hydrogen-bond donors (Lipinski definition) is 0. The van der Waals surface area contributed by atoms with Crippen LogP contribution >= 0.6 is 34.5 Å². The van der Waals surface area contributed by atoms with Gasteiger partial charge in [0.05, 0.1) is 35.1 Å². The number of ether oxygens (including phenoxy) is 3. The molecule has 216 valence electrons. The first kappa shape index (κ1) is 29.6. The molecule has 0 bridgehead atoms. The standard InChI is InChI=1S/C32H28Cl2N2O5S/c1-4-39-25-13-8-21(9-14-25)29-28(31(38)40-5-2)19(3)35-32-36(29)30(37)27(42-32)17-22-16-24(34)12-15-26(22)41-18-20-6-10-23(33)11-7-20/h6-17,29H,4-5,18H2,1-3H3/b27-17-/t29-/m0/s1. The number of halogens is 2. The van der Waals surface area contributed by atoms with Gasteiger partial charge in [-0.3, -0.25) is 9.36 Å². The number of fused-ring (bicyclic) bond motifs is 1. The molecule has 0 unspecified atom stereocenters. The molecular formula is C32H28Cl2N2O5S. The van der Waals surface area contributed by atoms with E-state index in [1.54, 1.807) is 54.8 Å². The van der Waals surface area contributed by atoms with Crippen LogP contribution in [0.3, 0.4) is 0 Å². The number of benzene rings is 3. The van der Waals surface area contributed by atoms with Crippen LogP contribution in [0, 0.1) is 0 Å². The summed E-state index contributed by atoms with van der Waals surface area (Å²) in [5.74, 6) is 0.741. The Bertz CT molecular complexity index is 1830. The lowest BCUT2D eigenvalue weighted by atomic mass is 9.96. The largest absolute Gasteiger partial charge is 0.494 e. The monoisotopic (exact) mass is 622 g/mol. The maximum absolute atomic E-state index is 14.0. The molecule has 0 aliphatic carbocycles. The Kier molecular flexibility index (Phi) is 9.16. The van der Waals surface area contributed by atoms with Crippen LogP contribution in [-0.4, -0.2) is 23.8 Å². The van der Waals surface area contributed by atoms with Crippen molar-refractivity contribution in [2.45, 2.75) is 33.4 Å². The van der Waals surface area contributed by atoms with Crippen LogP contribution in [0.25, 0.3) is 6.08 Å². The smallest absolute Gasteiger partial charge is 0.338 e. The van der Waals surface area contributed by atoms with E-state index >= 15 is 0 Å². The van der Waals surface area contributed by atoms with Gasteiger partial charge in [0.1, 0.15) is 18.1 Å². The van der Waals surface area contributed by atoms with Gasteiger partial charge in [-0.05, 0) is 80.4 Å². The second-order valence-electron chi connectivity index (χ2n) is 9.40. The van der Waals surface area contributed by atoms with Gasteiger partial charge in [0.25, 0.3) is 5.56 Å². The van der Waals surface area contributed by atoms with Crippen molar-refractivity contribution >= 4 is 46.6 Å². The van der Waals surface area contributed by atoms with E-state index in [9.17, 15) is 9.59 Å². The summed E-state index contributed by atoms with van der Waals surface area (Å²) in [5, 5.41) is 1.15. The number of nitrogens with zero attached hydrogens (tertiary/aromatic N) is 2. The van der Waals surface area contributed by atoms with Gasteiger partial charge in [0.15, 0.2) is 4.80 Å². The molecule has 2 heterocycles. The number of carbonyl (C=O) groups excluding carboxylic acids is 1. The molecule has 0 spiro atoms. The molecule has 0 amide bonds. The van der Waals surface area contributed by atoms with E-state index in [0.717, 1.165) is 11.1 Å². The lowest BCUT2D eigenvalue weighted by Crippen LogP contribution is -2.39. The normalized spacial score (nSPS) is 14.8. The predicted molar refractivity (Wildman–Crippen MR) is 165 cm³/mol. The van der Waals surface area contributed by atoms with Gasteiger partial charge in [-0.1, -0.05) is 58.8 Å². The molecule has 1 atom stereocenters. The van der Waals surface area contributed by atoms with Crippen molar-refractivity contribution in [3.8, 4) is 11.5 Å². The molecule has 5 rings (SSSR count). The molecule has 0 N–H and O–H groups in total. The lowest BCUT2D eigenvalue weighted by Gasteiger charge is -2.24. The van der Waals surface area contributed by atoms with Crippen LogP contribution in [0.4, 0.5) is 0 Å². The molecule has 0 saturated carbocycles. The van der Waals surface area contributed by atoms with E-state index in [1.165, 1.54) is 11.3 Å². The molecule has 3 aromatic carbocycles. The maximum atomic E-state index is 14.0. The third-order valence-corrected chi connectivity index (χ3v) is 8.06. The minimum atomic E-state index is -0.724. The Morgan fingerprint density at radius 2 is 1.69 bits per heavy atom. The van der Waals surface area contributed by atoms with Crippen molar-refractivity contribution in [1.29, 1.82) is 0 Å². The van der Waals surface area contributed by atoms with E-state index in [-0.39, 0.29) is 12.2 Å². The highest BCUT2D eigenvalue weighted by atomic mass is 35.5. The number of carbonyl (C=O) groups is 1. The fourth-order valence-electron chi connectivity index (χ4n) is 4.67. The van der Waals surface area contributed by atoms with Crippen LogP contribution in [-0.2, 0) is 16.1 Å². The van der Waals surface area contributed by atoms with Crippen molar-refractivity contribution in [1.82, 2.24) is 4.57 Å². The third kappa shape index (κ3) is 6.31. The lowest BCUT2D eigenvalue weighted by molar-refractivity contribution is -0.139. The Morgan fingerprint density at radius 3 is 2.38 bits per heavy atom. The number of thiazole rings is 1. The Labute approximate surface area is 256 Å². The number of hydrogen-bond acceptors (Lipinski definition) is 7. The van der Waals surface area contributed by atoms with Gasteiger partial charge in [-0.25, -0.2) is 9.79 Å². The Hall–Kier alpha value is -3.85. The summed E-state index contributed by atoms with van der Waals surface area (Å²) in [5.41, 5.74) is 2.83. The first-order valence-electron chi connectivity index (χ1n) is 13.4. The van der Waals surface area contributed by atoms with Gasteiger partial charge >= 0.3 is 5.97 Å². The molecular weight excluding hydrogens is 595 g/mol. The summed E-state index contributed by atoms with van der Waals surface area (Å²) in [6.45, 7) is 6.43. The molecule has 1 aromatic heterocycles. The molecule has 7 nitrogen and oxygen atoms in total. The summed E-state index contributed by atoms with van der Waals surface area (Å²) < 4.78 is 19.0. The average molecular weight is 624 g/mol. The molecule has 1 aliphatic heterocycles. The SMILES string of the molecule is CCOC(=O)C1=C(C)N=c2s/c(=C\c3cc(Cl)ccc3OCc3ccc(Cl)cc3)c(=O)n2[C@H]1c1ccc(OCC)cc1. The molecule has 0 fully saturated rings. The van der Waals surface area contributed by atoms with Crippen LogP contribution in [0.5, 0.6) is 11.5 Å². The Morgan fingerprint density at radius 1 is 0.976 bits per heavy atom. The van der Waals surface area contributed by atoms with E-state index < -0.39 is 12.0 Å². The quantitative estimate of drug-likeness (QED) is 0.211. The fraction of sp³-hybridized carbons (Fsp3) is 0.219. The Balaban J connectivity index is 1.60. The van der Waals surface area contributed by atoms with Gasteiger partial charge in [0, 0.05) is 15.6 Å². The first-order valence-corrected chi connectivity index (χ1v) is 15.0. The molecule has 1 aliphatic rings. The van der Waals surface area contributed by atoms with Crippen LogP contribution in [0.15, 0.2) is 87.8 Å². The van der Waals surface area contributed by atoms with Gasteiger partial charge in [-0.2, -0.15) is 0 Å². The van der Waals surface area contributed by atoms with Gasteiger partial charge in [-0.15, -0.1) is 0 Å². The molecule has 0 saturated heterocycles. The number of allylic oxidation sites excluding steroid dienone is 1. The van der Waals surface area contributed by atoms with Crippen molar-refractivity contribution in [2.24, 2.45) is 4.99 Å². The van der Waals surface area contributed by atoms with Crippen LogP contribution < -0.4 is 24.4 Å². The predicted octanol–water partition coefficient (Wildman–Crippen LogP) is 6.08. The fourth-order valence-corrected chi connectivity index (χ4v) is 6.01. The second-order valence-corrected chi connectivity index (χ2v) is 11.3. The summed E-state index contributed by atoms with van der Waals surface area (Å²) >= 11 is 13.6. The zero-order chi connectivity index (χ0) is 29.8. The molecule has 4 aromatic rings. The summed E-state index contributed by atoms with van der Waals surface area (Å²) in [6.07, 6.45) is 1.74. The molecule has 42 heavy (non-hydrogen) atoms. The van der Waals surface area contributed by atoms with Crippen molar-refractivity contribution in [3.05, 3.63) is 124 Å². The number of aromatic nitrogens is 1. The van der Waals surface area contributed by atoms with Crippen LogP contribution in [0.2, 0.25) is 10.0 Å². The molecule has 0 radical (unpaired) electrons. The maximum Gasteiger partial charge on any atom is 0.338 e. The van der Waals surface area contributed by atoms with Gasteiger partial charge in [0.2, 0.25) is 0 Å². The second kappa shape index (κ2) is 13.0. The van der Waals surface area contributed by atoms with E-state index in [1.807, 2.05) is 43.3 Å². The average Bonchev–Trinajstić information content (AvgIpc) is 3.27. The number of rotatable bonds is 9. The first-order chi connectivity index (χ1) is 20.3. The van der Waals surface area contributed by atoms with E-state index in [4.69, 9.17) is 37.4 Å². The number of esters is 1. The highest BCUT2D eigenvalue weighted by Crippen LogP contribution is 2.32. The van der Waals surface area contributed by atoms with Crippen molar-refractivity contribution in [3.63, 3.8) is 0 Å². The van der Waals surface area contributed by atoms with E-state index in [0.29, 0.717) is 60.9 Å². The van der Waals surface area contributed by atoms with Crippen molar-refractivity contribution in [2.75, 3.05) is 13.2 Å². The molecule has 10 heteroatoms. The zero-order valence-electron chi connectivity index (χ0n) is 23.2.